The van der Waals surface area contributed by atoms with Gasteiger partial charge in [0.05, 0.1) is 16.3 Å². The van der Waals surface area contributed by atoms with Crippen LogP contribution in [0.2, 0.25) is 5.02 Å². The van der Waals surface area contributed by atoms with Crippen LogP contribution in [0.4, 0.5) is 11.4 Å². The topological polar surface area (TPSA) is 108 Å². The number of rotatable bonds is 2. The van der Waals surface area contributed by atoms with Gasteiger partial charge in [0.25, 0.3) is 11.5 Å². The first-order valence-electron chi connectivity index (χ1n) is 5.25. The maximum absolute atomic E-state index is 11.9. The first kappa shape index (κ1) is 13.0. The molecule has 0 saturated carbocycles. The van der Waals surface area contributed by atoms with Crippen molar-refractivity contribution in [3.05, 3.63) is 51.3 Å². The van der Waals surface area contributed by atoms with Crippen molar-refractivity contribution in [2.24, 2.45) is 0 Å². The standard InChI is InChI=1S/C12H10ClN3O3/c13-8-5-7(14)1-2-9(8)15-12(19)6-3-10(17)16-11(18)4-6/h1-5H,14H2,(H,15,19)(H2,16,17,18). The van der Waals surface area contributed by atoms with Crippen LogP contribution in [0, 0.1) is 0 Å². The largest absolute Gasteiger partial charge is 0.494 e. The molecule has 1 amide bonds. The lowest BCUT2D eigenvalue weighted by atomic mass is 10.2. The minimum Gasteiger partial charge on any atom is -0.494 e. The van der Waals surface area contributed by atoms with Crippen molar-refractivity contribution in [1.29, 1.82) is 0 Å². The van der Waals surface area contributed by atoms with Crippen molar-refractivity contribution in [2.75, 3.05) is 11.1 Å². The predicted octanol–water partition coefficient (Wildman–Crippen LogP) is 1.57. The third-order valence-corrected chi connectivity index (χ3v) is 2.65. The number of H-pyrrole nitrogens is 1. The van der Waals surface area contributed by atoms with Gasteiger partial charge in [-0.3, -0.25) is 14.6 Å². The molecule has 5 N–H and O–H groups in total. The fraction of sp³-hybridized carbons (Fsp3) is 0. The van der Waals surface area contributed by atoms with Gasteiger partial charge in [0.1, 0.15) is 0 Å². The summed E-state index contributed by atoms with van der Waals surface area (Å²) in [5, 5.41) is 12.0. The molecule has 0 fully saturated rings. The van der Waals surface area contributed by atoms with Crippen LogP contribution in [-0.4, -0.2) is 16.0 Å². The van der Waals surface area contributed by atoms with E-state index in [1.807, 2.05) is 0 Å². The Labute approximate surface area is 112 Å². The molecule has 0 unspecified atom stereocenters. The van der Waals surface area contributed by atoms with Gasteiger partial charge in [0.15, 0.2) is 5.88 Å². The first-order valence-corrected chi connectivity index (χ1v) is 5.63. The average Bonchev–Trinajstić information content (AvgIpc) is 2.31. The van der Waals surface area contributed by atoms with Crippen LogP contribution in [0.3, 0.4) is 0 Å². The third kappa shape index (κ3) is 3.05. The van der Waals surface area contributed by atoms with Crippen LogP contribution in [0.5, 0.6) is 5.88 Å². The SMILES string of the molecule is Nc1ccc(NC(=O)c2cc(O)[nH]c(=O)c2)c(Cl)c1. The number of carbonyl (C=O) groups is 1. The number of anilines is 2. The maximum Gasteiger partial charge on any atom is 0.256 e. The number of carbonyl (C=O) groups excluding carboxylic acids is 1. The summed E-state index contributed by atoms with van der Waals surface area (Å²) >= 11 is 5.91. The van der Waals surface area contributed by atoms with Crippen molar-refractivity contribution in [1.82, 2.24) is 4.98 Å². The van der Waals surface area contributed by atoms with Gasteiger partial charge < -0.3 is 16.2 Å². The lowest BCUT2D eigenvalue weighted by Gasteiger charge is -2.07. The molecule has 6 nitrogen and oxygen atoms in total. The van der Waals surface area contributed by atoms with Crippen LogP contribution in [0.15, 0.2) is 35.1 Å². The van der Waals surface area contributed by atoms with Crippen molar-refractivity contribution in [3.8, 4) is 5.88 Å². The summed E-state index contributed by atoms with van der Waals surface area (Å²) in [6.45, 7) is 0. The summed E-state index contributed by atoms with van der Waals surface area (Å²) in [6.07, 6.45) is 0. The number of hydrogen-bond acceptors (Lipinski definition) is 4. The summed E-state index contributed by atoms with van der Waals surface area (Å²) in [7, 11) is 0. The van der Waals surface area contributed by atoms with Crippen LogP contribution in [-0.2, 0) is 0 Å². The highest BCUT2D eigenvalue weighted by Crippen LogP contribution is 2.24. The molecule has 0 bridgehead atoms. The Bertz CT molecular complexity index is 697. The molecular weight excluding hydrogens is 270 g/mol. The zero-order valence-electron chi connectivity index (χ0n) is 9.61. The number of benzene rings is 1. The second kappa shape index (κ2) is 5.03. The van der Waals surface area contributed by atoms with Gasteiger partial charge in [0.2, 0.25) is 0 Å². The van der Waals surface area contributed by atoms with E-state index in [9.17, 15) is 14.7 Å². The fourth-order valence-corrected chi connectivity index (χ4v) is 1.72. The van der Waals surface area contributed by atoms with E-state index in [1.54, 1.807) is 12.1 Å². The monoisotopic (exact) mass is 279 g/mol. The minimum atomic E-state index is -0.575. The summed E-state index contributed by atoms with van der Waals surface area (Å²) < 4.78 is 0. The molecule has 0 radical (unpaired) electrons. The number of aromatic hydroxyl groups is 1. The number of nitrogen functional groups attached to an aromatic ring is 1. The van der Waals surface area contributed by atoms with Crippen LogP contribution >= 0.6 is 11.6 Å². The molecule has 0 aliphatic heterocycles. The molecule has 98 valence electrons. The maximum atomic E-state index is 11.9. The lowest BCUT2D eigenvalue weighted by molar-refractivity contribution is 0.102. The van der Waals surface area contributed by atoms with E-state index in [0.29, 0.717) is 11.4 Å². The summed E-state index contributed by atoms with van der Waals surface area (Å²) in [5.41, 5.74) is 5.81. The van der Waals surface area contributed by atoms with Crippen molar-refractivity contribution in [2.45, 2.75) is 0 Å². The van der Waals surface area contributed by atoms with E-state index in [4.69, 9.17) is 17.3 Å². The minimum absolute atomic E-state index is 0.0224. The highest BCUT2D eigenvalue weighted by molar-refractivity contribution is 6.34. The number of hydrogen-bond donors (Lipinski definition) is 4. The number of nitrogens with one attached hydrogen (secondary N) is 2. The summed E-state index contributed by atoms with van der Waals surface area (Å²) in [4.78, 5) is 25.2. The Morgan fingerprint density at radius 3 is 2.68 bits per heavy atom. The molecule has 19 heavy (non-hydrogen) atoms. The second-order valence-electron chi connectivity index (χ2n) is 3.81. The van der Waals surface area contributed by atoms with E-state index in [0.717, 1.165) is 12.1 Å². The molecule has 0 aliphatic rings. The highest BCUT2D eigenvalue weighted by atomic mass is 35.5. The molecule has 7 heteroatoms. The number of nitrogens with two attached hydrogens (primary N) is 1. The van der Waals surface area contributed by atoms with Crippen LogP contribution in [0.25, 0.3) is 0 Å². The zero-order chi connectivity index (χ0) is 14.0. The van der Waals surface area contributed by atoms with E-state index < -0.39 is 11.5 Å². The Hall–Kier alpha value is -2.47. The molecule has 2 aromatic rings. The van der Waals surface area contributed by atoms with Gasteiger partial charge in [-0.1, -0.05) is 11.6 Å². The number of halogens is 1. The number of amides is 1. The normalized spacial score (nSPS) is 10.2. The first-order chi connectivity index (χ1) is 8.95. The molecule has 1 heterocycles. The Morgan fingerprint density at radius 2 is 2.05 bits per heavy atom. The number of pyridine rings is 1. The van der Waals surface area contributed by atoms with Crippen molar-refractivity contribution >= 4 is 28.9 Å². The number of aromatic amines is 1. The average molecular weight is 280 g/mol. The molecule has 0 aliphatic carbocycles. The van der Waals surface area contributed by atoms with Gasteiger partial charge in [-0.05, 0) is 18.2 Å². The second-order valence-corrected chi connectivity index (χ2v) is 4.22. The van der Waals surface area contributed by atoms with E-state index in [2.05, 4.69) is 10.3 Å². The summed E-state index contributed by atoms with van der Waals surface area (Å²) in [5.74, 6) is -0.950. The van der Waals surface area contributed by atoms with Crippen LogP contribution < -0.4 is 16.6 Å². The predicted molar refractivity (Wildman–Crippen MR) is 72.5 cm³/mol. The van der Waals surface area contributed by atoms with Crippen LogP contribution in [0.1, 0.15) is 10.4 Å². The molecule has 1 aromatic heterocycles. The van der Waals surface area contributed by atoms with E-state index in [1.165, 1.54) is 6.07 Å². The van der Waals surface area contributed by atoms with E-state index >= 15 is 0 Å². The van der Waals surface area contributed by atoms with Gasteiger partial charge in [0, 0.05) is 17.8 Å². The van der Waals surface area contributed by atoms with Gasteiger partial charge in [-0.25, -0.2) is 0 Å². The molecule has 0 atom stereocenters. The lowest BCUT2D eigenvalue weighted by Crippen LogP contribution is -2.16. The number of aromatic nitrogens is 1. The van der Waals surface area contributed by atoms with Crippen molar-refractivity contribution in [3.63, 3.8) is 0 Å². The fourth-order valence-electron chi connectivity index (χ4n) is 1.49. The molecule has 2 rings (SSSR count). The van der Waals surface area contributed by atoms with Gasteiger partial charge in [-0.15, -0.1) is 0 Å². The Morgan fingerprint density at radius 1 is 1.32 bits per heavy atom. The summed E-state index contributed by atoms with van der Waals surface area (Å²) in [6, 6.07) is 6.83. The molecule has 0 saturated heterocycles. The quantitative estimate of drug-likeness (QED) is 0.626. The Balaban J connectivity index is 2.28. The Kier molecular flexibility index (Phi) is 3.43. The van der Waals surface area contributed by atoms with Crippen molar-refractivity contribution < 1.29 is 9.90 Å². The molecule has 1 aromatic carbocycles. The smallest absolute Gasteiger partial charge is 0.256 e. The zero-order valence-corrected chi connectivity index (χ0v) is 10.4. The van der Waals surface area contributed by atoms with Gasteiger partial charge >= 0.3 is 0 Å². The molecule has 0 spiro atoms. The third-order valence-electron chi connectivity index (χ3n) is 2.33. The molecular formula is C12H10ClN3O3. The van der Waals surface area contributed by atoms with E-state index in [-0.39, 0.29) is 16.5 Å². The highest BCUT2D eigenvalue weighted by Gasteiger charge is 2.10. The van der Waals surface area contributed by atoms with Gasteiger partial charge in [-0.2, -0.15) is 0 Å².